The molecule has 0 radical (unpaired) electrons. The van der Waals surface area contributed by atoms with E-state index >= 15 is 0 Å². The van der Waals surface area contributed by atoms with Gasteiger partial charge in [0.25, 0.3) is 0 Å². The zero-order chi connectivity index (χ0) is 10.7. The Balaban J connectivity index is 1.74. The number of imidazole rings is 1. The molecule has 84 valence electrons. The van der Waals surface area contributed by atoms with Gasteiger partial charge in [0.15, 0.2) is 0 Å². The molecule has 2 unspecified atom stereocenters. The van der Waals surface area contributed by atoms with Crippen molar-refractivity contribution in [1.29, 1.82) is 0 Å². The van der Waals surface area contributed by atoms with Crippen molar-refractivity contribution in [1.82, 2.24) is 14.9 Å². The van der Waals surface area contributed by atoms with Crippen LogP contribution >= 0.6 is 0 Å². The Morgan fingerprint density at radius 2 is 2.40 bits per heavy atom. The molecule has 1 aliphatic carbocycles. The topological polar surface area (TPSA) is 29.9 Å². The molecule has 1 aromatic heterocycles. The summed E-state index contributed by atoms with van der Waals surface area (Å²) in [5.74, 6) is 1.87. The molecule has 1 fully saturated rings. The fraction of sp³-hybridized carbons (Fsp3) is 0.750. The lowest BCUT2D eigenvalue weighted by Gasteiger charge is -2.07. The highest BCUT2D eigenvalue weighted by Crippen LogP contribution is 2.36. The normalized spacial score (nSPS) is 24.4. The van der Waals surface area contributed by atoms with Gasteiger partial charge >= 0.3 is 0 Å². The predicted octanol–water partition coefficient (Wildman–Crippen LogP) is 2.04. The first-order chi connectivity index (χ1) is 7.31. The lowest BCUT2D eigenvalue weighted by atomic mass is 10.3. The summed E-state index contributed by atoms with van der Waals surface area (Å²) in [6.07, 6.45) is 6.48. The zero-order valence-electron chi connectivity index (χ0n) is 9.74. The van der Waals surface area contributed by atoms with Crippen LogP contribution < -0.4 is 5.32 Å². The van der Waals surface area contributed by atoms with Crippen LogP contribution in [0.25, 0.3) is 0 Å². The van der Waals surface area contributed by atoms with Crippen LogP contribution in [0.5, 0.6) is 0 Å². The van der Waals surface area contributed by atoms with Crippen molar-refractivity contribution in [2.45, 2.75) is 39.8 Å². The van der Waals surface area contributed by atoms with Crippen LogP contribution in [0, 0.1) is 11.8 Å². The number of aryl methyl sites for hydroxylation is 1. The van der Waals surface area contributed by atoms with Gasteiger partial charge in [-0.05, 0) is 31.2 Å². The van der Waals surface area contributed by atoms with E-state index < -0.39 is 0 Å². The van der Waals surface area contributed by atoms with E-state index in [1.165, 1.54) is 25.1 Å². The summed E-state index contributed by atoms with van der Waals surface area (Å²) in [4.78, 5) is 4.19. The van der Waals surface area contributed by atoms with Crippen LogP contribution in [-0.4, -0.2) is 16.1 Å². The summed E-state index contributed by atoms with van der Waals surface area (Å²) in [5.41, 5.74) is 1.31. The Hall–Kier alpha value is -0.830. The van der Waals surface area contributed by atoms with Gasteiger partial charge in [-0.2, -0.15) is 0 Å². The molecule has 0 saturated heterocycles. The molecule has 3 heteroatoms. The number of aromatic nitrogens is 2. The molecular formula is C12H21N3. The second-order valence-corrected chi connectivity index (χ2v) is 4.68. The number of nitrogens with one attached hydrogen (secondary N) is 1. The first-order valence-electron chi connectivity index (χ1n) is 6.01. The molecule has 2 rings (SSSR count). The molecule has 1 N–H and O–H groups in total. The van der Waals surface area contributed by atoms with Gasteiger partial charge in [0.05, 0.1) is 12.0 Å². The average Bonchev–Trinajstić information content (AvgIpc) is 2.74. The maximum absolute atomic E-state index is 4.19. The molecule has 15 heavy (non-hydrogen) atoms. The van der Waals surface area contributed by atoms with Gasteiger partial charge in [-0.1, -0.05) is 13.8 Å². The molecule has 0 amide bonds. The van der Waals surface area contributed by atoms with Crippen LogP contribution in [0.15, 0.2) is 12.5 Å². The van der Waals surface area contributed by atoms with E-state index in [0.29, 0.717) is 0 Å². The van der Waals surface area contributed by atoms with Gasteiger partial charge < -0.3 is 9.88 Å². The van der Waals surface area contributed by atoms with Gasteiger partial charge in [-0.3, -0.25) is 0 Å². The molecule has 1 aromatic rings. The fourth-order valence-corrected chi connectivity index (χ4v) is 2.01. The first kappa shape index (κ1) is 10.7. The van der Waals surface area contributed by atoms with Crippen LogP contribution in [0.1, 0.15) is 32.4 Å². The molecule has 0 spiro atoms. The molecule has 0 aromatic carbocycles. The Morgan fingerprint density at radius 3 is 3.07 bits per heavy atom. The Labute approximate surface area is 91.9 Å². The van der Waals surface area contributed by atoms with Gasteiger partial charge in [0, 0.05) is 19.3 Å². The summed E-state index contributed by atoms with van der Waals surface area (Å²) in [6.45, 7) is 7.73. The standard InChI is InChI=1S/C12H21N3/c1-3-4-15-9-14-8-12(15)7-13-6-11-5-10(11)2/h8-11,13H,3-7H2,1-2H3. The minimum absolute atomic E-state index is 0.924. The molecule has 1 aliphatic rings. The van der Waals surface area contributed by atoms with E-state index in [1.807, 2.05) is 12.5 Å². The SMILES string of the molecule is CCCn1cncc1CNCC1CC1C. The molecule has 2 atom stereocenters. The van der Waals surface area contributed by atoms with Crippen molar-refractivity contribution in [2.75, 3.05) is 6.54 Å². The lowest BCUT2D eigenvalue weighted by Crippen LogP contribution is -2.19. The quantitative estimate of drug-likeness (QED) is 0.773. The molecule has 3 nitrogen and oxygen atoms in total. The third kappa shape index (κ3) is 2.81. The smallest absolute Gasteiger partial charge is 0.0948 e. The van der Waals surface area contributed by atoms with Gasteiger partial charge in [-0.15, -0.1) is 0 Å². The second kappa shape index (κ2) is 4.79. The van der Waals surface area contributed by atoms with Gasteiger partial charge in [0.1, 0.15) is 0 Å². The van der Waals surface area contributed by atoms with Gasteiger partial charge in [-0.25, -0.2) is 4.98 Å². The van der Waals surface area contributed by atoms with Crippen molar-refractivity contribution in [3.8, 4) is 0 Å². The summed E-state index contributed by atoms with van der Waals surface area (Å²) in [5, 5.41) is 3.52. The van der Waals surface area contributed by atoms with Crippen molar-refractivity contribution >= 4 is 0 Å². The van der Waals surface area contributed by atoms with E-state index in [0.717, 1.165) is 24.9 Å². The number of nitrogens with zero attached hydrogens (tertiary/aromatic N) is 2. The van der Waals surface area contributed by atoms with E-state index in [4.69, 9.17) is 0 Å². The molecule has 0 aliphatic heterocycles. The van der Waals surface area contributed by atoms with Crippen molar-refractivity contribution in [3.63, 3.8) is 0 Å². The number of hydrogen-bond donors (Lipinski definition) is 1. The maximum Gasteiger partial charge on any atom is 0.0948 e. The molecule has 0 bridgehead atoms. The second-order valence-electron chi connectivity index (χ2n) is 4.68. The van der Waals surface area contributed by atoms with E-state index in [2.05, 4.69) is 28.7 Å². The minimum atomic E-state index is 0.924. The summed E-state index contributed by atoms with van der Waals surface area (Å²) in [6, 6.07) is 0. The largest absolute Gasteiger partial charge is 0.333 e. The highest BCUT2D eigenvalue weighted by Gasteiger charge is 2.31. The van der Waals surface area contributed by atoms with Crippen molar-refractivity contribution < 1.29 is 0 Å². The fourth-order valence-electron chi connectivity index (χ4n) is 2.01. The molecule has 1 saturated carbocycles. The summed E-state index contributed by atoms with van der Waals surface area (Å²) in [7, 11) is 0. The molecule has 1 heterocycles. The van der Waals surface area contributed by atoms with E-state index in [9.17, 15) is 0 Å². The Morgan fingerprint density at radius 1 is 1.60 bits per heavy atom. The van der Waals surface area contributed by atoms with Crippen LogP contribution in [-0.2, 0) is 13.1 Å². The first-order valence-corrected chi connectivity index (χ1v) is 6.01. The van der Waals surface area contributed by atoms with E-state index in [-0.39, 0.29) is 0 Å². The number of rotatable bonds is 6. The third-order valence-corrected chi connectivity index (χ3v) is 3.25. The Kier molecular flexibility index (Phi) is 3.41. The highest BCUT2D eigenvalue weighted by atomic mass is 15.1. The monoisotopic (exact) mass is 207 g/mol. The average molecular weight is 207 g/mol. The van der Waals surface area contributed by atoms with Crippen molar-refractivity contribution in [3.05, 3.63) is 18.2 Å². The summed E-state index contributed by atoms with van der Waals surface area (Å²) < 4.78 is 2.24. The van der Waals surface area contributed by atoms with Crippen molar-refractivity contribution in [2.24, 2.45) is 11.8 Å². The van der Waals surface area contributed by atoms with Crippen LogP contribution in [0.4, 0.5) is 0 Å². The van der Waals surface area contributed by atoms with E-state index in [1.54, 1.807) is 0 Å². The molecular weight excluding hydrogens is 186 g/mol. The lowest BCUT2D eigenvalue weighted by molar-refractivity contribution is 0.572. The predicted molar refractivity (Wildman–Crippen MR) is 61.5 cm³/mol. The number of hydrogen-bond acceptors (Lipinski definition) is 2. The van der Waals surface area contributed by atoms with Gasteiger partial charge in [0.2, 0.25) is 0 Å². The maximum atomic E-state index is 4.19. The minimum Gasteiger partial charge on any atom is -0.333 e. The van der Waals surface area contributed by atoms with Crippen LogP contribution in [0.3, 0.4) is 0 Å². The third-order valence-electron chi connectivity index (χ3n) is 3.25. The summed E-state index contributed by atoms with van der Waals surface area (Å²) >= 11 is 0. The van der Waals surface area contributed by atoms with Crippen LogP contribution in [0.2, 0.25) is 0 Å². The zero-order valence-corrected chi connectivity index (χ0v) is 9.74. The highest BCUT2D eigenvalue weighted by molar-refractivity contribution is 4.98. The Bertz CT molecular complexity index is 306.